The molecular weight excluding hydrogens is 410 g/mol. The second kappa shape index (κ2) is 9.94. The van der Waals surface area contributed by atoms with E-state index in [0.717, 1.165) is 28.7 Å². The summed E-state index contributed by atoms with van der Waals surface area (Å²) >= 11 is 0. The normalized spacial score (nSPS) is 14.5. The second-order valence-corrected chi connectivity index (χ2v) is 7.80. The summed E-state index contributed by atoms with van der Waals surface area (Å²) in [5.41, 5.74) is 3.96. The number of rotatable bonds is 7. The van der Waals surface area contributed by atoms with Crippen LogP contribution in [0.2, 0.25) is 0 Å². The van der Waals surface area contributed by atoms with Gasteiger partial charge in [-0.15, -0.1) is 0 Å². The fourth-order valence-electron chi connectivity index (χ4n) is 4.43. The quantitative estimate of drug-likeness (QED) is 0.703. The van der Waals surface area contributed by atoms with E-state index in [-0.39, 0.29) is 23.1 Å². The number of hydrogen-bond donors (Lipinski definition) is 1. The Balaban J connectivity index is 2.49. The average Bonchev–Trinajstić information content (AvgIpc) is 3.00. The number of fused-ring (bicyclic) bond motifs is 3. The molecule has 0 aliphatic heterocycles. The van der Waals surface area contributed by atoms with Crippen molar-refractivity contribution in [1.29, 1.82) is 0 Å². The molecule has 32 heavy (non-hydrogen) atoms. The minimum atomic E-state index is -0.299. The maximum absolute atomic E-state index is 13.2. The van der Waals surface area contributed by atoms with E-state index in [2.05, 4.69) is 5.32 Å². The van der Waals surface area contributed by atoms with Crippen LogP contribution < -0.4 is 29.7 Å². The van der Waals surface area contributed by atoms with E-state index in [0.29, 0.717) is 42.1 Å². The first kappa shape index (κ1) is 23.4. The summed E-state index contributed by atoms with van der Waals surface area (Å²) in [5.74, 6) is 1.70. The summed E-state index contributed by atoms with van der Waals surface area (Å²) in [5, 5.41) is 3.04. The summed E-state index contributed by atoms with van der Waals surface area (Å²) in [6, 6.07) is 5.31. The van der Waals surface area contributed by atoms with Crippen molar-refractivity contribution in [2.75, 3.05) is 28.4 Å². The highest BCUT2D eigenvalue weighted by Gasteiger charge is 2.30. The Bertz CT molecular complexity index is 1080. The summed E-state index contributed by atoms with van der Waals surface area (Å²) in [7, 11) is 6.23. The number of ether oxygens (including phenoxy) is 4. The van der Waals surface area contributed by atoms with Crippen LogP contribution in [-0.4, -0.2) is 34.3 Å². The lowest BCUT2D eigenvalue weighted by atomic mass is 9.94. The van der Waals surface area contributed by atoms with Crippen molar-refractivity contribution in [2.24, 2.45) is 0 Å². The zero-order chi connectivity index (χ0) is 23.4. The molecule has 2 aromatic carbocycles. The Morgan fingerprint density at radius 2 is 1.69 bits per heavy atom. The van der Waals surface area contributed by atoms with Gasteiger partial charge in [0.05, 0.1) is 34.5 Å². The molecule has 0 heterocycles. The highest BCUT2D eigenvalue weighted by Crippen LogP contribution is 2.50. The molecule has 7 nitrogen and oxygen atoms in total. The maximum atomic E-state index is 13.2. The van der Waals surface area contributed by atoms with Crippen LogP contribution in [0.4, 0.5) is 0 Å². The van der Waals surface area contributed by atoms with Crippen LogP contribution in [0, 0.1) is 0 Å². The van der Waals surface area contributed by atoms with Gasteiger partial charge in [-0.05, 0) is 54.2 Å². The van der Waals surface area contributed by atoms with Gasteiger partial charge in [0, 0.05) is 18.1 Å². The lowest BCUT2D eigenvalue weighted by Crippen LogP contribution is -2.26. The van der Waals surface area contributed by atoms with E-state index < -0.39 is 0 Å². The molecule has 0 saturated carbocycles. The van der Waals surface area contributed by atoms with Crippen LogP contribution in [-0.2, 0) is 17.6 Å². The number of carbonyl (C=O) groups is 1. The predicted octanol–water partition coefficient (Wildman–Crippen LogP) is 3.82. The highest BCUT2D eigenvalue weighted by molar-refractivity contribution is 5.84. The van der Waals surface area contributed by atoms with Crippen molar-refractivity contribution in [3.63, 3.8) is 0 Å². The molecule has 0 spiro atoms. The zero-order valence-corrected chi connectivity index (χ0v) is 19.6. The number of nitrogens with one attached hydrogen (secondary N) is 1. The monoisotopic (exact) mass is 441 g/mol. The van der Waals surface area contributed by atoms with Gasteiger partial charge in [-0.3, -0.25) is 9.59 Å². The molecule has 1 amide bonds. The average molecular weight is 442 g/mol. The van der Waals surface area contributed by atoms with Crippen LogP contribution in [0.25, 0.3) is 11.1 Å². The van der Waals surface area contributed by atoms with Crippen molar-refractivity contribution < 1.29 is 23.7 Å². The van der Waals surface area contributed by atoms with E-state index in [1.54, 1.807) is 27.4 Å². The van der Waals surface area contributed by atoms with Gasteiger partial charge in [-0.2, -0.15) is 0 Å². The summed E-state index contributed by atoms with van der Waals surface area (Å²) in [4.78, 5) is 25.2. The molecule has 0 bridgehead atoms. The number of hydrogen-bond acceptors (Lipinski definition) is 6. The van der Waals surface area contributed by atoms with Crippen LogP contribution >= 0.6 is 0 Å². The summed E-state index contributed by atoms with van der Waals surface area (Å²) < 4.78 is 22.5. The minimum Gasteiger partial charge on any atom is -0.493 e. The number of aryl methyl sites for hydroxylation is 2. The fourth-order valence-corrected chi connectivity index (χ4v) is 4.43. The smallest absolute Gasteiger partial charge is 0.223 e. The van der Waals surface area contributed by atoms with E-state index in [1.165, 1.54) is 14.0 Å². The maximum Gasteiger partial charge on any atom is 0.223 e. The minimum absolute atomic E-state index is 0.143. The van der Waals surface area contributed by atoms with Gasteiger partial charge in [-0.25, -0.2) is 0 Å². The third-order valence-corrected chi connectivity index (χ3v) is 5.81. The van der Waals surface area contributed by atoms with Crippen molar-refractivity contribution in [3.05, 3.63) is 45.1 Å². The van der Waals surface area contributed by atoms with Gasteiger partial charge >= 0.3 is 0 Å². The second-order valence-electron chi connectivity index (χ2n) is 7.80. The van der Waals surface area contributed by atoms with Crippen molar-refractivity contribution in [3.8, 4) is 34.1 Å². The van der Waals surface area contributed by atoms with Gasteiger partial charge in [-0.1, -0.05) is 13.3 Å². The van der Waals surface area contributed by atoms with Gasteiger partial charge in [0.25, 0.3) is 0 Å². The summed E-state index contributed by atoms with van der Waals surface area (Å²) in [6.07, 6.45) is 2.72. The number of methoxy groups -OCH3 is 4. The predicted molar refractivity (Wildman–Crippen MR) is 123 cm³/mol. The Labute approximate surface area is 188 Å². The molecular formula is C25H31NO6. The topological polar surface area (TPSA) is 83.1 Å². The first-order valence-electron chi connectivity index (χ1n) is 10.7. The third kappa shape index (κ3) is 4.24. The molecule has 0 saturated heterocycles. The van der Waals surface area contributed by atoms with Crippen LogP contribution in [0.3, 0.4) is 0 Å². The first-order chi connectivity index (χ1) is 15.4. The van der Waals surface area contributed by atoms with Crippen LogP contribution in [0.15, 0.2) is 23.0 Å². The van der Waals surface area contributed by atoms with Gasteiger partial charge in [0.1, 0.15) is 0 Å². The number of amides is 1. The molecule has 1 N–H and O–H groups in total. The SMILES string of the molecule is CCCc1cc2c(cc(OC)c1=O)C(NC(C)=O)CCc1cc(OC)c(OC)c(OC)c1-2. The Hall–Kier alpha value is -3.22. The molecule has 1 aliphatic carbocycles. The molecule has 1 unspecified atom stereocenters. The van der Waals surface area contributed by atoms with Crippen LogP contribution in [0.5, 0.6) is 23.0 Å². The third-order valence-electron chi connectivity index (χ3n) is 5.81. The lowest BCUT2D eigenvalue weighted by Gasteiger charge is -2.20. The van der Waals surface area contributed by atoms with Crippen molar-refractivity contribution in [2.45, 2.75) is 45.6 Å². The van der Waals surface area contributed by atoms with E-state index in [1.807, 2.05) is 19.1 Å². The molecule has 1 atom stereocenters. The molecule has 2 aromatic rings. The molecule has 7 heteroatoms. The van der Waals surface area contributed by atoms with E-state index in [9.17, 15) is 9.59 Å². The Kier molecular flexibility index (Phi) is 7.28. The van der Waals surface area contributed by atoms with Gasteiger partial charge in [0.15, 0.2) is 17.2 Å². The van der Waals surface area contributed by atoms with Crippen molar-refractivity contribution in [1.82, 2.24) is 5.32 Å². The highest BCUT2D eigenvalue weighted by atomic mass is 16.5. The molecule has 172 valence electrons. The van der Waals surface area contributed by atoms with Crippen molar-refractivity contribution >= 4 is 5.91 Å². The Morgan fingerprint density at radius 1 is 1.00 bits per heavy atom. The van der Waals surface area contributed by atoms with Crippen LogP contribution in [0.1, 0.15) is 49.4 Å². The van der Waals surface area contributed by atoms with E-state index in [4.69, 9.17) is 18.9 Å². The fraction of sp³-hybridized carbons (Fsp3) is 0.440. The molecule has 3 rings (SSSR count). The van der Waals surface area contributed by atoms with Gasteiger partial charge < -0.3 is 24.3 Å². The first-order valence-corrected chi connectivity index (χ1v) is 10.7. The zero-order valence-electron chi connectivity index (χ0n) is 19.6. The standard InChI is InChI=1S/C25H31NO6/c1-7-8-16-11-18-17(13-20(29-3)23(16)28)19(26-14(2)27)10-9-15-12-21(30-4)24(31-5)25(32-6)22(15)18/h11-13,19H,7-10H2,1-6H3,(H,26,27). The van der Waals surface area contributed by atoms with Gasteiger partial charge in [0.2, 0.25) is 17.1 Å². The Morgan fingerprint density at radius 3 is 2.25 bits per heavy atom. The molecule has 0 aromatic heterocycles. The largest absolute Gasteiger partial charge is 0.493 e. The number of carbonyl (C=O) groups excluding carboxylic acids is 1. The molecule has 1 aliphatic rings. The van der Waals surface area contributed by atoms with E-state index >= 15 is 0 Å². The molecule has 0 radical (unpaired) electrons. The summed E-state index contributed by atoms with van der Waals surface area (Å²) in [6.45, 7) is 3.52. The molecule has 0 fully saturated rings. The lowest BCUT2D eigenvalue weighted by molar-refractivity contribution is -0.119. The number of benzene rings is 1.